The number of sulfonamides is 1. The van der Waals surface area contributed by atoms with Crippen molar-refractivity contribution in [3.8, 4) is 0 Å². The number of H-pyrrole nitrogens is 1. The predicted molar refractivity (Wildman–Crippen MR) is 148 cm³/mol. The van der Waals surface area contributed by atoms with Gasteiger partial charge in [-0.25, -0.2) is 12.7 Å². The summed E-state index contributed by atoms with van der Waals surface area (Å²) < 4.78 is 28.4. The van der Waals surface area contributed by atoms with Gasteiger partial charge in [-0.1, -0.05) is 18.2 Å². The fourth-order valence-electron chi connectivity index (χ4n) is 5.60. The standard InChI is InChI=1S/C27H37N5O4S/c1-6-37(35,36)31-13-11-20(12-14-31)18(3)32-19(4)25(21-9-7-8-10-24(21)32)27(34)29-16-22-23(28-5)15-17(2)30-26(22)33/h7-10,15,18,20H,6,11-14,16H2,1-5H3,(H,29,34)(H2,28,30,33)/t18-/m1/s1. The highest BCUT2D eigenvalue weighted by atomic mass is 32.2. The molecule has 4 rings (SSSR count). The Morgan fingerprint density at radius 2 is 1.86 bits per heavy atom. The Bertz CT molecular complexity index is 1470. The zero-order chi connectivity index (χ0) is 26.9. The Labute approximate surface area is 218 Å². The monoisotopic (exact) mass is 527 g/mol. The molecule has 3 aromatic rings. The molecule has 37 heavy (non-hydrogen) atoms. The molecular formula is C27H37N5O4S. The van der Waals surface area contributed by atoms with E-state index < -0.39 is 10.0 Å². The number of para-hydroxylation sites is 1. The van der Waals surface area contributed by atoms with E-state index >= 15 is 0 Å². The number of fused-ring (bicyclic) bond motifs is 1. The van der Waals surface area contributed by atoms with Gasteiger partial charge in [-0.3, -0.25) is 9.59 Å². The summed E-state index contributed by atoms with van der Waals surface area (Å²) in [5, 5.41) is 6.86. The lowest BCUT2D eigenvalue weighted by molar-refractivity contribution is 0.0951. The molecule has 0 spiro atoms. The second-order valence-electron chi connectivity index (χ2n) is 9.83. The van der Waals surface area contributed by atoms with Crippen molar-refractivity contribution < 1.29 is 13.2 Å². The van der Waals surface area contributed by atoms with Gasteiger partial charge in [0.1, 0.15) is 0 Å². The van der Waals surface area contributed by atoms with Gasteiger partial charge in [-0.15, -0.1) is 0 Å². The van der Waals surface area contributed by atoms with Crippen molar-refractivity contribution >= 4 is 32.5 Å². The number of aryl methyl sites for hydroxylation is 1. The molecule has 1 aromatic carbocycles. The van der Waals surface area contributed by atoms with Gasteiger partial charge in [0.25, 0.3) is 11.5 Å². The van der Waals surface area contributed by atoms with E-state index in [1.54, 1.807) is 18.3 Å². The Kier molecular flexibility index (Phi) is 7.80. The summed E-state index contributed by atoms with van der Waals surface area (Å²) in [6.07, 6.45) is 1.55. The quantitative estimate of drug-likeness (QED) is 0.414. The lowest BCUT2D eigenvalue weighted by atomic mass is 9.91. The summed E-state index contributed by atoms with van der Waals surface area (Å²) >= 11 is 0. The fraction of sp³-hybridized carbons (Fsp3) is 0.481. The van der Waals surface area contributed by atoms with Gasteiger partial charge in [-0.2, -0.15) is 0 Å². The van der Waals surface area contributed by atoms with Crippen molar-refractivity contribution in [1.29, 1.82) is 0 Å². The summed E-state index contributed by atoms with van der Waals surface area (Å²) in [7, 11) is -1.43. The zero-order valence-corrected chi connectivity index (χ0v) is 23.0. The molecule has 3 N–H and O–H groups in total. The van der Waals surface area contributed by atoms with Gasteiger partial charge in [0, 0.05) is 54.2 Å². The minimum Gasteiger partial charge on any atom is -0.388 e. The van der Waals surface area contributed by atoms with E-state index in [4.69, 9.17) is 0 Å². The molecule has 1 amide bonds. The third kappa shape index (κ3) is 5.17. The van der Waals surface area contributed by atoms with E-state index in [0.29, 0.717) is 29.9 Å². The third-order valence-electron chi connectivity index (χ3n) is 7.70. The topological polar surface area (TPSA) is 116 Å². The first-order valence-corrected chi connectivity index (χ1v) is 14.5. The SMILES string of the molecule is CCS(=O)(=O)N1CCC([C@@H](C)n2c(C)c(C(=O)NCc3c(NC)cc(C)[nH]c3=O)c3ccccc32)CC1. The summed E-state index contributed by atoms with van der Waals surface area (Å²) in [6.45, 7) is 8.76. The van der Waals surface area contributed by atoms with Crippen molar-refractivity contribution in [2.75, 3.05) is 31.2 Å². The number of benzene rings is 1. The number of nitrogens with zero attached hydrogens (tertiary/aromatic N) is 2. The van der Waals surface area contributed by atoms with Crippen LogP contribution in [0.15, 0.2) is 35.1 Å². The maximum Gasteiger partial charge on any atom is 0.255 e. The van der Waals surface area contributed by atoms with Crippen LogP contribution in [-0.4, -0.2) is 54.1 Å². The van der Waals surface area contributed by atoms with E-state index in [-0.39, 0.29) is 35.7 Å². The smallest absolute Gasteiger partial charge is 0.255 e. The summed E-state index contributed by atoms with van der Waals surface area (Å²) in [5.74, 6) is 0.181. The van der Waals surface area contributed by atoms with E-state index in [1.807, 2.05) is 44.2 Å². The normalized spacial score (nSPS) is 16.1. The molecule has 1 aliphatic rings. The average Bonchev–Trinajstić information content (AvgIpc) is 3.18. The van der Waals surface area contributed by atoms with Crippen LogP contribution in [0, 0.1) is 19.8 Å². The Hall–Kier alpha value is -3.11. The van der Waals surface area contributed by atoms with Crippen LogP contribution in [0.2, 0.25) is 0 Å². The number of amides is 1. The van der Waals surface area contributed by atoms with Crippen LogP contribution in [-0.2, 0) is 16.6 Å². The molecule has 9 nitrogen and oxygen atoms in total. The lowest BCUT2D eigenvalue weighted by Crippen LogP contribution is -2.40. The minimum atomic E-state index is -3.18. The molecular weight excluding hydrogens is 490 g/mol. The van der Waals surface area contributed by atoms with E-state index in [0.717, 1.165) is 35.1 Å². The predicted octanol–water partition coefficient (Wildman–Crippen LogP) is 3.54. The van der Waals surface area contributed by atoms with E-state index in [2.05, 4.69) is 27.1 Å². The van der Waals surface area contributed by atoms with Gasteiger partial charge in [-0.05, 0) is 58.6 Å². The molecule has 3 heterocycles. The van der Waals surface area contributed by atoms with Crippen molar-refractivity contribution in [2.45, 2.75) is 53.1 Å². The van der Waals surface area contributed by atoms with Crippen LogP contribution in [0.4, 0.5) is 5.69 Å². The second kappa shape index (κ2) is 10.7. The van der Waals surface area contributed by atoms with Gasteiger partial charge in [0.15, 0.2) is 0 Å². The largest absolute Gasteiger partial charge is 0.388 e. The number of hydrogen-bond donors (Lipinski definition) is 3. The first-order chi connectivity index (χ1) is 17.6. The summed E-state index contributed by atoms with van der Waals surface area (Å²) in [4.78, 5) is 28.8. The third-order valence-corrected chi connectivity index (χ3v) is 9.58. The Morgan fingerprint density at radius 1 is 1.19 bits per heavy atom. The number of aromatic nitrogens is 2. The molecule has 1 aliphatic heterocycles. The minimum absolute atomic E-state index is 0.0915. The fourth-order valence-corrected chi connectivity index (χ4v) is 6.74. The highest BCUT2D eigenvalue weighted by Gasteiger charge is 2.32. The second-order valence-corrected chi connectivity index (χ2v) is 12.1. The number of piperidine rings is 1. The maximum atomic E-state index is 13.5. The van der Waals surface area contributed by atoms with Crippen molar-refractivity contribution in [1.82, 2.24) is 19.2 Å². The van der Waals surface area contributed by atoms with Crippen molar-refractivity contribution in [3.63, 3.8) is 0 Å². The highest BCUT2D eigenvalue weighted by molar-refractivity contribution is 7.89. The van der Waals surface area contributed by atoms with Crippen LogP contribution >= 0.6 is 0 Å². The van der Waals surface area contributed by atoms with Gasteiger partial charge in [0.2, 0.25) is 10.0 Å². The van der Waals surface area contributed by atoms with Crippen LogP contribution in [0.5, 0.6) is 0 Å². The molecule has 2 aromatic heterocycles. The Morgan fingerprint density at radius 3 is 2.51 bits per heavy atom. The number of rotatable bonds is 8. The lowest BCUT2D eigenvalue weighted by Gasteiger charge is -2.35. The first-order valence-electron chi connectivity index (χ1n) is 12.8. The average molecular weight is 528 g/mol. The summed E-state index contributed by atoms with van der Waals surface area (Å²) in [5.41, 5.74) is 4.12. The molecule has 1 atom stereocenters. The van der Waals surface area contributed by atoms with Crippen LogP contribution in [0.3, 0.4) is 0 Å². The van der Waals surface area contributed by atoms with Gasteiger partial charge < -0.3 is 20.2 Å². The number of anilines is 1. The maximum absolute atomic E-state index is 13.5. The van der Waals surface area contributed by atoms with Gasteiger partial charge in [0.05, 0.1) is 23.4 Å². The van der Waals surface area contributed by atoms with Crippen LogP contribution in [0.1, 0.15) is 60.0 Å². The number of hydrogen-bond acceptors (Lipinski definition) is 5. The van der Waals surface area contributed by atoms with Crippen molar-refractivity contribution in [2.24, 2.45) is 5.92 Å². The number of carbonyl (C=O) groups excluding carboxylic acids is 1. The molecule has 0 saturated carbocycles. The molecule has 1 saturated heterocycles. The van der Waals surface area contributed by atoms with Crippen LogP contribution < -0.4 is 16.2 Å². The summed E-state index contributed by atoms with van der Waals surface area (Å²) in [6, 6.07) is 9.80. The Balaban J connectivity index is 1.61. The van der Waals surface area contributed by atoms with Crippen molar-refractivity contribution in [3.05, 3.63) is 63.2 Å². The van der Waals surface area contributed by atoms with E-state index in [1.165, 1.54) is 0 Å². The van der Waals surface area contributed by atoms with Gasteiger partial charge >= 0.3 is 0 Å². The molecule has 0 bridgehead atoms. The first kappa shape index (κ1) is 26.9. The number of aromatic amines is 1. The molecule has 0 radical (unpaired) electrons. The highest BCUT2D eigenvalue weighted by Crippen LogP contribution is 2.36. The molecule has 200 valence electrons. The number of pyridine rings is 1. The zero-order valence-electron chi connectivity index (χ0n) is 22.2. The van der Waals surface area contributed by atoms with Crippen LogP contribution in [0.25, 0.3) is 10.9 Å². The number of nitrogens with one attached hydrogen (secondary N) is 3. The number of carbonyl (C=O) groups is 1. The molecule has 0 aliphatic carbocycles. The van der Waals surface area contributed by atoms with E-state index in [9.17, 15) is 18.0 Å². The molecule has 1 fully saturated rings. The molecule has 10 heteroatoms. The molecule has 0 unspecified atom stereocenters.